The maximum atomic E-state index is 12.5. The van der Waals surface area contributed by atoms with Crippen LogP contribution >= 0.6 is 9.39 Å². The molecule has 1 atom stereocenters. The fraction of sp³-hybridized carbons (Fsp3) is 0.500. The number of hydrogen-bond donors (Lipinski definition) is 0. The molecule has 1 nitrogen and oxygen atoms in total. The van der Waals surface area contributed by atoms with Crippen LogP contribution < -0.4 is 0 Å². The van der Waals surface area contributed by atoms with E-state index in [0.29, 0.717) is 6.42 Å². The fourth-order valence-corrected chi connectivity index (χ4v) is 1.73. The van der Waals surface area contributed by atoms with E-state index in [1.165, 1.54) is 12.1 Å². The number of aryl methyl sites for hydroxylation is 1. The average Bonchev–Trinajstić information content (AvgIpc) is 2.28. The minimum atomic E-state index is -4.24. The molecule has 96 valence electrons. The van der Waals surface area contributed by atoms with E-state index < -0.39 is 11.7 Å². The van der Waals surface area contributed by atoms with Crippen LogP contribution in [0.25, 0.3) is 0 Å². The summed E-state index contributed by atoms with van der Waals surface area (Å²) in [5, 5.41) is 0. The van der Waals surface area contributed by atoms with Gasteiger partial charge >= 0.3 is 6.18 Å². The van der Waals surface area contributed by atoms with Crippen molar-refractivity contribution in [3.8, 4) is 0 Å². The summed E-state index contributed by atoms with van der Waals surface area (Å²) in [6.45, 7) is 3.84. The quantitative estimate of drug-likeness (QED) is 0.731. The Morgan fingerprint density at radius 1 is 1.29 bits per heavy atom. The summed E-state index contributed by atoms with van der Waals surface area (Å²) in [6, 6.07) is 5.56. The van der Waals surface area contributed by atoms with Gasteiger partial charge in [0.1, 0.15) is 0 Å². The molecule has 0 saturated carbocycles. The van der Waals surface area contributed by atoms with E-state index >= 15 is 0 Å². The monoisotopic (exact) mass is 263 g/mol. The van der Waals surface area contributed by atoms with E-state index in [1.54, 1.807) is 6.07 Å². The lowest BCUT2D eigenvalue weighted by Crippen LogP contribution is -2.12. The van der Waals surface area contributed by atoms with E-state index in [1.807, 2.05) is 6.92 Å². The molecule has 1 aromatic rings. The fourth-order valence-electron chi connectivity index (χ4n) is 1.55. The Hall–Kier alpha value is -0.600. The largest absolute Gasteiger partial charge is 0.416 e. The second kappa shape index (κ2) is 6.36. The smallest absolute Gasteiger partial charge is 0.288 e. The normalized spacial score (nSPS) is 12.1. The summed E-state index contributed by atoms with van der Waals surface area (Å²) < 4.78 is 39.4. The second-order valence-corrected chi connectivity index (χ2v) is 4.66. The number of benzene rings is 1. The lowest BCUT2D eigenvalue weighted by Gasteiger charge is -2.13. The van der Waals surface area contributed by atoms with Crippen LogP contribution in [0.2, 0.25) is 0 Å². The highest BCUT2D eigenvalue weighted by Gasteiger charge is 2.30. The van der Waals surface area contributed by atoms with E-state index in [0.717, 1.165) is 31.1 Å². The van der Waals surface area contributed by atoms with Gasteiger partial charge in [-0.2, -0.15) is 13.2 Å². The van der Waals surface area contributed by atoms with Crippen LogP contribution in [0.15, 0.2) is 24.3 Å². The van der Waals surface area contributed by atoms with Gasteiger partial charge in [-0.25, -0.2) is 0 Å². The van der Waals surface area contributed by atoms with Crippen molar-refractivity contribution in [2.75, 3.05) is 13.1 Å². The topological polar surface area (TPSA) is 3.24 Å². The first-order valence-corrected chi connectivity index (χ1v) is 6.11. The Labute approximate surface area is 102 Å². The molecule has 17 heavy (non-hydrogen) atoms. The summed E-state index contributed by atoms with van der Waals surface area (Å²) in [4.78, 5) is 0. The van der Waals surface area contributed by atoms with Crippen LogP contribution in [0, 0.1) is 0 Å². The summed E-state index contributed by atoms with van der Waals surface area (Å²) in [6.07, 6.45) is -2.71. The predicted octanol–water partition coefficient (Wildman–Crippen LogP) is 3.75. The number of rotatable bonds is 5. The third-order valence-electron chi connectivity index (χ3n) is 2.57. The molecule has 1 unspecified atom stereocenters. The van der Waals surface area contributed by atoms with E-state index in [9.17, 15) is 13.2 Å². The molecule has 0 heterocycles. The van der Waals surface area contributed by atoms with Gasteiger partial charge in [0.2, 0.25) is 0 Å². The van der Waals surface area contributed by atoms with Gasteiger partial charge in [-0.15, -0.1) is 0 Å². The Morgan fingerprint density at radius 3 is 2.59 bits per heavy atom. The Kier molecular flexibility index (Phi) is 5.41. The van der Waals surface area contributed by atoms with Gasteiger partial charge in [0.15, 0.2) is 0 Å². The number of nitrogens with zero attached hydrogens (tertiary/aromatic N) is 1. The van der Waals surface area contributed by atoms with Crippen molar-refractivity contribution in [3.05, 3.63) is 35.4 Å². The maximum absolute atomic E-state index is 12.5. The van der Waals surface area contributed by atoms with Gasteiger partial charge in [0.25, 0.3) is 0 Å². The van der Waals surface area contributed by atoms with Crippen LogP contribution in [-0.4, -0.2) is 17.8 Å². The van der Waals surface area contributed by atoms with Crippen LogP contribution in [0.5, 0.6) is 0 Å². The van der Waals surface area contributed by atoms with Gasteiger partial charge in [-0.1, -0.05) is 34.5 Å². The number of hydrogen-bond acceptors (Lipinski definition) is 1. The third kappa shape index (κ3) is 5.05. The molecule has 1 aromatic carbocycles. The molecule has 0 aliphatic heterocycles. The predicted molar refractivity (Wildman–Crippen MR) is 66.7 cm³/mol. The second-order valence-electron chi connectivity index (χ2n) is 3.93. The third-order valence-corrected chi connectivity index (χ3v) is 3.19. The zero-order valence-corrected chi connectivity index (χ0v) is 11.0. The van der Waals surface area contributed by atoms with Crippen molar-refractivity contribution in [2.45, 2.75) is 25.9 Å². The molecule has 0 aliphatic rings. The molecule has 0 radical (unpaired) electrons. The van der Waals surface area contributed by atoms with Crippen LogP contribution in [0.3, 0.4) is 0 Å². The van der Waals surface area contributed by atoms with Crippen molar-refractivity contribution in [1.29, 1.82) is 0 Å². The highest BCUT2D eigenvalue weighted by molar-refractivity contribution is 7.13. The molecule has 1 rings (SSSR count). The van der Waals surface area contributed by atoms with Crippen molar-refractivity contribution >= 4 is 9.39 Å². The zero-order valence-electron chi connectivity index (χ0n) is 9.80. The SMILES string of the molecule is CCN(P)CCCc1cccc(C(F)(F)F)c1. The molecule has 0 saturated heterocycles. The van der Waals surface area contributed by atoms with Gasteiger partial charge in [0.05, 0.1) is 5.56 Å². The van der Waals surface area contributed by atoms with Crippen molar-refractivity contribution in [2.24, 2.45) is 0 Å². The Balaban J connectivity index is 2.55. The minimum Gasteiger partial charge on any atom is -0.288 e. The lowest BCUT2D eigenvalue weighted by atomic mass is 10.1. The van der Waals surface area contributed by atoms with Crippen LogP contribution in [0.4, 0.5) is 13.2 Å². The summed E-state index contributed by atoms with van der Waals surface area (Å²) in [5.74, 6) is 0. The Morgan fingerprint density at radius 2 is 2.00 bits per heavy atom. The highest BCUT2D eigenvalue weighted by Crippen LogP contribution is 2.29. The van der Waals surface area contributed by atoms with Gasteiger partial charge in [-0.05, 0) is 31.0 Å². The zero-order chi connectivity index (χ0) is 12.9. The first kappa shape index (κ1) is 14.5. The van der Waals surface area contributed by atoms with Gasteiger partial charge in [0, 0.05) is 6.54 Å². The molecule has 5 heteroatoms. The Bertz CT molecular complexity index is 352. The molecular weight excluding hydrogens is 246 g/mol. The highest BCUT2D eigenvalue weighted by atomic mass is 31.0. The molecule has 0 fully saturated rings. The molecule has 0 amide bonds. The molecule has 0 N–H and O–H groups in total. The van der Waals surface area contributed by atoms with E-state index in [2.05, 4.69) is 14.1 Å². The van der Waals surface area contributed by atoms with Crippen molar-refractivity contribution in [1.82, 2.24) is 4.67 Å². The van der Waals surface area contributed by atoms with Crippen molar-refractivity contribution in [3.63, 3.8) is 0 Å². The standard InChI is InChI=1S/C12H17F3NP/c1-2-16(17)8-4-6-10-5-3-7-11(9-10)12(13,14)15/h3,5,7,9H,2,4,6,8,17H2,1H3. The summed E-state index contributed by atoms with van der Waals surface area (Å²) in [7, 11) is 2.60. The van der Waals surface area contributed by atoms with Crippen molar-refractivity contribution < 1.29 is 13.2 Å². The summed E-state index contributed by atoms with van der Waals surface area (Å²) >= 11 is 0. The first-order valence-electron chi connectivity index (χ1n) is 5.59. The van der Waals surface area contributed by atoms with E-state index in [-0.39, 0.29) is 0 Å². The van der Waals surface area contributed by atoms with E-state index in [4.69, 9.17) is 0 Å². The number of halogens is 3. The molecule has 0 spiro atoms. The first-order chi connectivity index (χ1) is 7.93. The van der Waals surface area contributed by atoms with Crippen LogP contribution in [0.1, 0.15) is 24.5 Å². The van der Waals surface area contributed by atoms with Gasteiger partial charge in [-0.3, -0.25) is 4.67 Å². The molecule has 0 bridgehead atoms. The summed E-state index contributed by atoms with van der Waals surface area (Å²) in [5.41, 5.74) is 0.183. The number of alkyl halides is 3. The maximum Gasteiger partial charge on any atom is 0.416 e. The molecular formula is C12H17F3NP. The lowest BCUT2D eigenvalue weighted by molar-refractivity contribution is -0.137. The van der Waals surface area contributed by atoms with Gasteiger partial charge < -0.3 is 0 Å². The molecule has 0 aromatic heterocycles. The average molecular weight is 263 g/mol. The molecule has 0 aliphatic carbocycles. The minimum absolute atomic E-state index is 0.562. The van der Waals surface area contributed by atoms with Crippen LogP contribution in [-0.2, 0) is 12.6 Å².